The predicted molar refractivity (Wildman–Crippen MR) is 72.6 cm³/mol. The fourth-order valence-corrected chi connectivity index (χ4v) is 1.88. The Labute approximate surface area is 113 Å². The SMILES string of the molecule is CC(CN)C(C)NC(=O)c1cccc2c1OCCO2. The molecule has 0 radical (unpaired) electrons. The second-order valence-electron chi connectivity index (χ2n) is 4.80. The van der Waals surface area contributed by atoms with Gasteiger partial charge in [0.15, 0.2) is 11.5 Å². The Bertz CT molecular complexity index is 462. The highest BCUT2D eigenvalue weighted by Crippen LogP contribution is 2.33. The van der Waals surface area contributed by atoms with E-state index in [9.17, 15) is 4.79 Å². The summed E-state index contributed by atoms with van der Waals surface area (Å²) in [5.41, 5.74) is 6.11. The number of ether oxygens (including phenoxy) is 2. The van der Waals surface area contributed by atoms with E-state index in [-0.39, 0.29) is 17.9 Å². The minimum absolute atomic E-state index is 0.0119. The number of hydrogen-bond acceptors (Lipinski definition) is 4. The van der Waals surface area contributed by atoms with Gasteiger partial charge in [0, 0.05) is 6.04 Å². The standard InChI is InChI=1S/C14H20N2O3/c1-9(8-15)10(2)16-14(17)11-4-3-5-12-13(11)19-7-6-18-12/h3-5,9-10H,6-8,15H2,1-2H3,(H,16,17). The number of carbonyl (C=O) groups excluding carboxylic acids is 1. The third-order valence-electron chi connectivity index (χ3n) is 3.39. The van der Waals surface area contributed by atoms with E-state index in [1.165, 1.54) is 0 Å². The molecule has 104 valence electrons. The molecule has 0 saturated heterocycles. The molecule has 1 heterocycles. The number of para-hydroxylation sites is 1. The van der Waals surface area contributed by atoms with Crippen LogP contribution < -0.4 is 20.5 Å². The molecule has 0 aliphatic carbocycles. The second-order valence-corrected chi connectivity index (χ2v) is 4.80. The molecule has 1 aromatic carbocycles. The molecule has 5 heteroatoms. The maximum Gasteiger partial charge on any atom is 0.255 e. The number of nitrogens with two attached hydrogens (primary N) is 1. The summed E-state index contributed by atoms with van der Waals surface area (Å²) in [5.74, 6) is 1.22. The largest absolute Gasteiger partial charge is 0.486 e. The van der Waals surface area contributed by atoms with Gasteiger partial charge in [-0.25, -0.2) is 0 Å². The summed E-state index contributed by atoms with van der Waals surface area (Å²) in [5, 5.41) is 2.94. The van der Waals surface area contributed by atoms with Crippen molar-refractivity contribution in [2.24, 2.45) is 11.7 Å². The van der Waals surface area contributed by atoms with E-state index in [0.29, 0.717) is 36.8 Å². The van der Waals surface area contributed by atoms with E-state index in [1.807, 2.05) is 13.8 Å². The van der Waals surface area contributed by atoms with Crippen LogP contribution >= 0.6 is 0 Å². The molecule has 0 bridgehead atoms. The lowest BCUT2D eigenvalue weighted by atomic mass is 10.0. The van der Waals surface area contributed by atoms with E-state index in [2.05, 4.69) is 5.32 Å². The van der Waals surface area contributed by atoms with Gasteiger partial charge in [-0.1, -0.05) is 13.0 Å². The molecule has 2 rings (SSSR count). The molecular formula is C14H20N2O3. The number of hydrogen-bond donors (Lipinski definition) is 2. The normalized spacial score (nSPS) is 16.6. The van der Waals surface area contributed by atoms with Crippen molar-refractivity contribution in [3.63, 3.8) is 0 Å². The first-order chi connectivity index (χ1) is 9.13. The van der Waals surface area contributed by atoms with E-state index < -0.39 is 0 Å². The van der Waals surface area contributed by atoms with Crippen LogP contribution in [-0.4, -0.2) is 31.7 Å². The highest BCUT2D eigenvalue weighted by Gasteiger charge is 2.22. The molecule has 1 aromatic rings. The molecule has 5 nitrogen and oxygen atoms in total. The second kappa shape index (κ2) is 5.93. The molecule has 1 aliphatic heterocycles. The van der Waals surface area contributed by atoms with Gasteiger partial charge < -0.3 is 20.5 Å². The van der Waals surface area contributed by atoms with Crippen LogP contribution in [-0.2, 0) is 0 Å². The van der Waals surface area contributed by atoms with Gasteiger partial charge in [0.2, 0.25) is 0 Å². The maximum absolute atomic E-state index is 12.3. The molecule has 2 unspecified atom stereocenters. The van der Waals surface area contributed by atoms with Gasteiger partial charge in [0.25, 0.3) is 5.91 Å². The van der Waals surface area contributed by atoms with Gasteiger partial charge in [0.1, 0.15) is 13.2 Å². The first-order valence-corrected chi connectivity index (χ1v) is 6.53. The summed E-state index contributed by atoms with van der Waals surface area (Å²) in [6, 6.07) is 5.34. The Balaban J connectivity index is 2.15. The third-order valence-corrected chi connectivity index (χ3v) is 3.39. The van der Waals surface area contributed by atoms with Crippen molar-refractivity contribution < 1.29 is 14.3 Å². The Morgan fingerprint density at radius 1 is 1.37 bits per heavy atom. The van der Waals surface area contributed by atoms with Crippen LogP contribution in [0.1, 0.15) is 24.2 Å². The molecule has 1 aliphatic rings. The summed E-state index contributed by atoms with van der Waals surface area (Å²) in [4.78, 5) is 12.3. The zero-order valence-electron chi connectivity index (χ0n) is 11.3. The number of nitrogens with one attached hydrogen (secondary N) is 1. The third kappa shape index (κ3) is 2.98. The lowest BCUT2D eigenvalue weighted by Gasteiger charge is -2.23. The molecular weight excluding hydrogens is 244 g/mol. The first-order valence-electron chi connectivity index (χ1n) is 6.53. The topological polar surface area (TPSA) is 73.6 Å². The smallest absolute Gasteiger partial charge is 0.255 e. The minimum atomic E-state index is -0.157. The van der Waals surface area contributed by atoms with Gasteiger partial charge >= 0.3 is 0 Å². The molecule has 2 atom stereocenters. The summed E-state index contributed by atoms with van der Waals surface area (Å²) in [6.45, 7) is 5.46. The monoisotopic (exact) mass is 264 g/mol. The van der Waals surface area contributed by atoms with Gasteiger partial charge in [-0.05, 0) is 31.5 Å². The fourth-order valence-electron chi connectivity index (χ4n) is 1.88. The summed E-state index contributed by atoms with van der Waals surface area (Å²) in [6.07, 6.45) is 0. The fraction of sp³-hybridized carbons (Fsp3) is 0.500. The average Bonchev–Trinajstić information content (AvgIpc) is 2.45. The lowest BCUT2D eigenvalue weighted by Crippen LogP contribution is -2.40. The van der Waals surface area contributed by atoms with Gasteiger partial charge in [-0.15, -0.1) is 0 Å². The summed E-state index contributed by atoms with van der Waals surface area (Å²) >= 11 is 0. The number of benzene rings is 1. The van der Waals surface area contributed by atoms with Gasteiger partial charge in [-0.2, -0.15) is 0 Å². The van der Waals surface area contributed by atoms with Gasteiger partial charge in [-0.3, -0.25) is 4.79 Å². The average molecular weight is 264 g/mol. The van der Waals surface area contributed by atoms with Crippen molar-refractivity contribution >= 4 is 5.91 Å². The number of carbonyl (C=O) groups is 1. The van der Waals surface area contributed by atoms with Crippen LogP contribution in [0.3, 0.4) is 0 Å². The Kier molecular flexibility index (Phi) is 4.27. The molecule has 19 heavy (non-hydrogen) atoms. The first kappa shape index (κ1) is 13.7. The van der Waals surface area contributed by atoms with E-state index in [4.69, 9.17) is 15.2 Å². The zero-order valence-corrected chi connectivity index (χ0v) is 11.3. The van der Waals surface area contributed by atoms with Crippen molar-refractivity contribution in [1.82, 2.24) is 5.32 Å². The molecule has 0 saturated carbocycles. The Morgan fingerprint density at radius 3 is 2.84 bits per heavy atom. The minimum Gasteiger partial charge on any atom is -0.486 e. The Hall–Kier alpha value is -1.75. The highest BCUT2D eigenvalue weighted by atomic mass is 16.6. The van der Waals surface area contributed by atoms with Crippen LogP contribution in [0.15, 0.2) is 18.2 Å². The van der Waals surface area contributed by atoms with Crippen molar-refractivity contribution in [2.45, 2.75) is 19.9 Å². The summed E-state index contributed by atoms with van der Waals surface area (Å²) < 4.78 is 11.0. The van der Waals surface area contributed by atoms with Gasteiger partial charge in [0.05, 0.1) is 5.56 Å². The predicted octanol–water partition coefficient (Wildman–Crippen LogP) is 1.17. The zero-order chi connectivity index (χ0) is 13.8. The van der Waals surface area contributed by atoms with Crippen LogP contribution in [0.2, 0.25) is 0 Å². The lowest BCUT2D eigenvalue weighted by molar-refractivity contribution is 0.0918. The Morgan fingerprint density at radius 2 is 2.11 bits per heavy atom. The molecule has 1 amide bonds. The molecule has 0 fully saturated rings. The van der Waals surface area contributed by atoms with E-state index in [0.717, 1.165) is 0 Å². The summed E-state index contributed by atoms with van der Waals surface area (Å²) in [7, 11) is 0. The molecule has 0 aromatic heterocycles. The number of fused-ring (bicyclic) bond motifs is 1. The molecule has 0 spiro atoms. The van der Waals surface area contributed by atoms with E-state index in [1.54, 1.807) is 18.2 Å². The van der Waals surface area contributed by atoms with Crippen LogP contribution in [0.25, 0.3) is 0 Å². The van der Waals surface area contributed by atoms with E-state index >= 15 is 0 Å². The quantitative estimate of drug-likeness (QED) is 0.856. The van der Waals surface area contributed by atoms with Crippen LogP contribution in [0, 0.1) is 5.92 Å². The number of amides is 1. The van der Waals surface area contributed by atoms with Crippen LogP contribution in [0.4, 0.5) is 0 Å². The van der Waals surface area contributed by atoms with Crippen LogP contribution in [0.5, 0.6) is 11.5 Å². The van der Waals surface area contributed by atoms with Crippen molar-refractivity contribution in [2.75, 3.05) is 19.8 Å². The highest BCUT2D eigenvalue weighted by molar-refractivity contribution is 5.98. The van der Waals surface area contributed by atoms with Crippen molar-refractivity contribution in [1.29, 1.82) is 0 Å². The number of rotatable bonds is 4. The van der Waals surface area contributed by atoms with Crippen molar-refractivity contribution in [3.05, 3.63) is 23.8 Å². The molecule has 3 N–H and O–H groups in total. The van der Waals surface area contributed by atoms with Crippen molar-refractivity contribution in [3.8, 4) is 11.5 Å². The maximum atomic E-state index is 12.3.